The van der Waals surface area contributed by atoms with E-state index >= 15 is 0 Å². The van der Waals surface area contributed by atoms with Gasteiger partial charge in [-0.15, -0.1) is 0 Å². The van der Waals surface area contributed by atoms with Crippen LogP contribution in [0.3, 0.4) is 0 Å². The van der Waals surface area contributed by atoms with Crippen molar-refractivity contribution in [2.24, 2.45) is 0 Å². The van der Waals surface area contributed by atoms with Crippen molar-refractivity contribution < 1.29 is 22.7 Å². The van der Waals surface area contributed by atoms with Crippen LogP contribution in [0.1, 0.15) is 28.3 Å². The molecule has 0 radical (unpaired) electrons. The van der Waals surface area contributed by atoms with Crippen molar-refractivity contribution in [3.05, 3.63) is 23.2 Å². The normalized spacial score (nSPS) is 11.1. The molecule has 1 heterocycles. The molecule has 3 nitrogen and oxygen atoms in total. The molecule has 1 aromatic heterocycles. The average Bonchev–Trinajstić information content (AvgIpc) is 2.52. The second-order valence-corrected chi connectivity index (χ2v) is 3.47. The van der Waals surface area contributed by atoms with Gasteiger partial charge >= 0.3 is 0 Å². The van der Waals surface area contributed by atoms with E-state index in [1.54, 1.807) is 19.9 Å². The number of aryl methyl sites for hydroxylation is 2. The summed E-state index contributed by atoms with van der Waals surface area (Å²) in [5.74, 6) is 1.06. The van der Waals surface area contributed by atoms with E-state index in [2.05, 4.69) is 4.74 Å². The van der Waals surface area contributed by atoms with Crippen LogP contribution in [0.5, 0.6) is 0 Å². The Labute approximate surface area is 92.4 Å². The zero-order valence-electron chi connectivity index (χ0n) is 9.26. The zero-order valence-corrected chi connectivity index (χ0v) is 9.26. The van der Waals surface area contributed by atoms with Crippen LogP contribution in [0, 0.1) is 13.8 Å². The lowest BCUT2D eigenvalue weighted by molar-refractivity contribution is 0.0169. The summed E-state index contributed by atoms with van der Waals surface area (Å²) in [6.07, 6.45) is -2.40. The Morgan fingerprint density at radius 3 is 2.69 bits per heavy atom. The Kier molecular flexibility index (Phi) is 4.61. The lowest BCUT2D eigenvalue weighted by Gasteiger charge is -2.02. The van der Waals surface area contributed by atoms with Crippen molar-refractivity contribution in [2.45, 2.75) is 26.7 Å². The number of furan rings is 1. The van der Waals surface area contributed by atoms with Crippen molar-refractivity contribution in [3.63, 3.8) is 0 Å². The number of hydrogen-bond acceptors (Lipinski definition) is 3. The molecule has 1 rings (SSSR count). The number of alkyl halides is 2. The van der Waals surface area contributed by atoms with Gasteiger partial charge in [0.15, 0.2) is 5.78 Å². The molecule has 1 aromatic rings. The van der Waals surface area contributed by atoms with Crippen LogP contribution in [0.2, 0.25) is 0 Å². The van der Waals surface area contributed by atoms with Gasteiger partial charge in [0, 0.05) is 6.42 Å². The number of rotatable bonds is 6. The highest BCUT2D eigenvalue weighted by atomic mass is 19.3. The van der Waals surface area contributed by atoms with Gasteiger partial charge in [0.1, 0.15) is 18.1 Å². The van der Waals surface area contributed by atoms with E-state index in [9.17, 15) is 13.6 Å². The summed E-state index contributed by atoms with van der Waals surface area (Å²) in [6.45, 7) is 2.82. The van der Waals surface area contributed by atoms with Crippen molar-refractivity contribution >= 4 is 5.78 Å². The van der Waals surface area contributed by atoms with E-state index in [0.717, 1.165) is 0 Å². The fraction of sp³-hybridized carbons (Fsp3) is 0.545. The molecule has 0 saturated carbocycles. The number of carbonyl (C=O) groups excluding carboxylic acids is 1. The summed E-state index contributed by atoms with van der Waals surface area (Å²) in [5.41, 5.74) is 0.498. The van der Waals surface area contributed by atoms with Crippen LogP contribution in [-0.2, 0) is 4.74 Å². The van der Waals surface area contributed by atoms with Gasteiger partial charge in [0.2, 0.25) is 0 Å². The maximum absolute atomic E-state index is 11.7. The summed E-state index contributed by atoms with van der Waals surface area (Å²) in [5, 5.41) is 0. The summed E-state index contributed by atoms with van der Waals surface area (Å²) in [4.78, 5) is 11.6. The molecule has 0 bridgehead atoms. The quantitative estimate of drug-likeness (QED) is 0.559. The largest absolute Gasteiger partial charge is 0.466 e. The Hall–Kier alpha value is -1.23. The molecule has 5 heteroatoms. The number of carbonyl (C=O) groups is 1. The average molecular weight is 232 g/mol. The summed E-state index contributed by atoms with van der Waals surface area (Å²) < 4.78 is 33.3. The lowest BCUT2D eigenvalue weighted by Crippen LogP contribution is -2.09. The van der Waals surface area contributed by atoms with Crippen LogP contribution < -0.4 is 0 Å². The summed E-state index contributed by atoms with van der Waals surface area (Å²) in [7, 11) is 0. The molecule has 16 heavy (non-hydrogen) atoms. The van der Waals surface area contributed by atoms with Crippen LogP contribution in [0.4, 0.5) is 8.78 Å². The Balaban J connectivity index is 2.38. The van der Waals surface area contributed by atoms with Crippen molar-refractivity contribution in [2.75, 3.05) is 13.2 Å². The highest BCUT2D eigenvalue weighted by Gasteiger charge is 2.13. The first-order valence-electron chi connectivity index (χ1n) is 4.97. The minimum absolute atomic E-state index is 0.00679. The second-order valence-electron chi connectivity index (χ2n) is 3.47. The predicted octanol–water partition coefficient (Wildman–Crippen LogP) is 2.75. The molecular weight excluding hydrogens is 218 g/mol. The van der Waals surface area contributed by atoms with Gasteiger partial charge in [-0.25, -0.2) is 8.78 Å². The number of Topliss-reactive ketones (excluding diaryl/α,β-unsaturated/α-hetero) is 1. The monoisotopic (exact) mass is 232 g/mol. The Morgan fingerprint density at radius 1 is 1.50 bits per heavy atom. The van der Waals surface area contributed by atoms with Gasteiger partial charge in [0.25, 0.3) is 6.43 Å². The van der Waals surface area contributed by atoms with E-state index < -0.39 is 13.0 Å². The molecule has 90 valence electrons. The maximum atomic E-state index is 11.7. The van der Waals surface area contributed by atoms with Gasteiger partial charge in [0.05, 0.1) is 12.2 Å². The second kappa shape index (κ2) is 5.75. The maximum Gasteiger partial charge on any atom is 0.261 e. The molecule has 0 spiro atoms. The molecule has 0 fully saturated rings. The minimum Gasteiger partial charge on any atom is -0.466 e. The smallest absolute Gasteiger partial charge is 0.261 e. The van der Waals surface area contributed by atoms with Crippen LogP contribution in [-0.4, -0.2) is 25.4 Å². The van der Waals surface area contributed by atoms with Gasteiger partial charge in [-0.05, 0) is 19.9 Å². The van der Waals surface area contributed by atoms with Crippen molar-refractivity contribution in [1.29, 1.82) is 0 Å². The third-order valence-corrected chi connectivity index (χ3v) is 2.06. The molecule has 0 unspecified atom stereocenters. The zero-order chi connectivity index (χ0) is 12.1. The van der Waals surface area contributed by atoms with E-state index in [-0.39, 0.29) is 18.8 Å². The Morgan fingerprint density at radius 2 is 2.19 bits per heavy atom. The van der Waals surface area contributed by atoms with E-state index in [1.807, 2.05) is 0 Å². The number of ketones is 1. The molecule has 0 aliphatic rings. The highest BCUT2D eigenvalue weighted by Crippen LogP contribution is 2.15. The van der Waals surface area contributed by atoms with E-state index in [0.29, 0.717) is 17.1 Å². The molecule has 0 aromatic carbocycles. The minimum atomic E-state index is -2.49. The lowest BCUT2D eigenvalue weighted by atomic mass is 10.1. The van der Waals surface area contributed by atoms with Crippen LogP contribution >= 0.6 is 0 Å². The van der Waals surface area contributed by atoms with E-state index in [1.165, 1.54) is 0 Å². The fourth-order valence-electron chi connectivity index (χ4n) is 1.38. The van der Waals surface area contributed by atoms with Gasteiger partial charge < -0.3 is 9.15 Å². The summed E-state index contributed by atoms with van der Waals surface area (Å²) >= 11 is 0. The first kappa shape index (κ1) is 12.8. The van der Waals surface area contributed by atoms with Crippen molar-refractivity contribution in [3.8, 4) is 0 Å². The molecule has 0 atom stereocenters. The molecule has 0 saturated heterocycles. The number of halogens is 2. The number of hydrogen-bond donors (Lipinski definition) is 0. The van der Waals surface area contributed by atoms with Crippen LogP contribution in [0.15, 0.2) is 10.5 Å². The van der Waals surface area contributed by atoms with Crippen molar-refractivity contribution in [1.82, 2.24) is 0 Å². The number of ether oxygens (including phenoxy) is 1. The third kappa shape index (κ3) is 3.73. The first-order chi connectivity index (χ1) is 7.50. The SMILES string of the molecule is Cc1cc(C(=O)CCOCC(F)F)c(C)o1. The third-order valence-electron chi connectivity index (χ3n) is 2.06. The molecule has 0 amide bonds. The highest BCUT2D eigenvalue weighted by molar-refractivity contribution is 5.97. The molecule has 0 aliphatic carbocycles. The summed E-state index contributed by atoms with van der Waals surface area (Å²) in [6, 6.07) is 1.64. The van der Waals surface area contributed by atoms with Gasteiger partial charge in [-0.2, -0.15) is 0 Å². The van der Waals surface area contributed by atoms with Gasteiger partial charge in [-0.1, -0.05) is 0 Å². The van der Waals surface area contributed by atoms with Crippen LogP contribution in [0.25, 0.3) is 0 Å². The van der Waals surface area contributed by atoms with E-state index in [4.69, 9.17) is 4.42 Å². The van der Waals surface area contributed by atoms with Gasteiger partial charge in [-0.3, -0.25) is 4.79 Å². The topological polar surface area (TPSA) is 39.4 Å². The Bertz CT molecular complexity index is 358. The fourth-order valence-corrected chi connectivity index (χ4v) is 1.38. The first-order valence-corrected chi connectivity index (χ1v) is 4.97. The predicted molar refractivity (Wildman–Crippen MR) is 54.0 cm³/mol. The standard InChI is InChI=1S/C11H14F2O3/c1-7-5-9(8(2)16-7)10(14)3-4-15-6-11(12)13/h5,11H,3-4,6H2,1-2H3. The molecular formula is C11H14F2O3. The molecule has 0 N–H and O–H groups in total. The molecule has 0 aliphatic heterocycles.